The maximum absolute atomic E-state index is 12.9. The highest BCUT2D eigenvalue weighted by Crippen LogP contribution is 2.33. The zero-order chi connectivity index (χ0) is 16.7. The third kappa shape index (κ3) is 2.64. The zero-order valence-corrected chi connectivity index (χ0v) is 14.4. The van der Waals surface area contributed by atoms with Gasteiger partial charge in [-0.1, -0.05) is 12.8 Å². The summed E-state index contributed by atoms with van der Waals surface area (Å²) >= 11 is 0. The van der Waals surface area contributed by atoms with Gasteiger partial charge in [-0.2, -0.15) is 4.98 Å². The van der Waals surface area contributed by atoms with Crippen molar-refractivity contribution in [2.24, 2.45) is 0 Å². The van der Waals surface area contributed by atoms with E-state index in [1.165, 1.54) is 12.8 Å². The smallest absolute Gasteiger partial charge is 0.255 e. The molecule has 2 fully saturated rings. The highest BCUT2D eigenvalue weighted by Gasteiger charge is 2.28. The first-order valence-electron chi connectivity index (χ1n) is 8.97. The monoisotopic (exact) mass is 328 g/mol. The fraction of sp³-hybridized carbons (Fsp3) is 0.611. The van der Waals surface area contributed by atoms with Crippen LogP contribution in [0.5, 0.6) is 0 Å². The first kappa shape index (κ1) is 15.4. The van der Waals surface area contributed by atoms with Crippen molar-refractivity contribution >= 4 is 22.8 Å². The van der Waals surface area contributed by atoms with Gasteiger partial charge in [0.2, 0.25) is 5.71 Å². The molecule has 2 aliphatic rings. The van der Waals surface area contributed by atoms with Crippen LogP contribution in [0.1, 0.15) is 60.5 Å². The van der Waals surface area contributed by atoms with Crippen molar-refractivity contribution in [2.75, 3.05) is 18.0 Å². The Morgan fingerprint density at radius 1 is 1.12 bits per heavy atom. The van der Waals surface area contributed by atoms with Gasteiger partial charge in [0.25, 0.3) is 5.91 Å². The van der Waals surface area contributed by atoms with E-state index in [9.17, 15) is 4.79 Å². The average Bonchev–Trinajstić information content (AvgIpc) is 3.25. The van der Waals surface area contributed by atoms with Crippen LogP contribution in [0.15, 0.2) is 4.42 Å². The van der Waals surface area contributed by atoms with Gasteiger partial charge in [0.1, 0.15) is 17.4 Å². The van der Waals surface area contributed by atoms with E-state index >= 15 is 0 Å². The van der Waals surface area contributed by atoms with Crippen molar-refractivity contribution in [3.8, 4) is 0 Å². The Labute approximate surface area is 141 Å². The van der Waals surface area contributed by atoms with Crippen LogP contribution in [0.25, 0.3) is 11.1 Å². The van der Waals surface area contributed by atoms with Crippen molar-refractivity contribution in [3.05, 3.63) is 17.1 Å². The van der Waals surface area contributed by atoms with E-state index in [0.717, 1.165) is 50.0 Å². The fourth-order valence-electron chi connectivity index (χ4n) is 3.96. The van der Waals surface area contributed by atoms with Gasteiger partial charge in [0.15, 0.2) is 0 Å². The number of carbonyl (C=O) groups excluding carboxylic acids is 1. The minimum atomic E-state index is -0.0500. The largest absolute Gasteiger partial charge is 0.442 e. The summed E-state index contributed by atoms with van der Waals surface area (Å²) in [5, 5.41) is 3.95. The third-order valence-corrected chi connectivity index (χ3v) is 5.14. The third-order valence-electron chi connectivity index (χ3n) is 5.14. The molecule has 0 atom stereocenters. The van der Waals surface area contributed by atoms with Crippen LogP contribution < -0.4 is 10.2 Å². The van der Waals surface area contributed by atoms with E-state index in [2.05, 4.69) is 20.2 Å². The molecule has 4 rings (SSSR count). The molecule has 0 spiro atoms. The van der Waals surface area contributed by atoms with E-state index in [0.29, 0.717) is 22.9 Å². The second kappa shape index (κ2) is 6.07. The highest BCUT2D eigenvalue weighted by atomic mass is 16.3. The molecule has 1 aliphatic carbocycles. The molecule has 128 valence electrons. The van der Waals surface area contributed by atoms with Crippen LogP contribution in [-0.2, 0) is 0 Å². The summed E-state index contributed by atoms with van der Waals surface area (Å²) in [7, 11) is 0. The van der Waals surface area contributed by atoms with Gasteiger partial charge in [-0.25, -0.2) is 4.98 Å². The molecule has 1 saturated heterocycles. The van der Waals surface area contributed by atoms with Gasteiger partial charge >= 0.3 is 0 Å². The van der Waals surface area contributed by atoms with Crippen LogP contribution in [-0.4, -0.2) is 35.0 Å². The molecule has 0 radical (unpaired) electrons. The van der Waals surface area contributed by atoms with Crippen molar-refractivity contribution in [2.45, 2.75) is 58.4 Å². The molecule has 3 heterocycles. The first-order chi connectivity index (χ1) is 11.6. The van der Waals surface area contributed by atoms with Gasteiger partial charge < -0.3 is 14.6 Å². The van der Waals surface area contributed by atoms with Gasteiger partial charge in [-0.15, -0.1) is 0 Å². The normalized spacial score (nSPS) is 18.7. The number of amides is 1. The molecule has 2 aromatic heterocycles. The predicted octanol–water partition coefficient (Wildman–Crippen LogP) is 3.11. The molecule has 6 heteroatoms. The van der Waals surface area contributed by atoms with E-state index in [-0.39, 0.29) is 11.9 Å². The van der Waals surface area contributed by atoms with Crippen LogP contribution in [0.2, 0.25) is 0 Å². The molecule has 0 bridgehead atoms. The number of nitrogens with one attached hydrogen (secondary N) is 1. The van der Waals surface area contributed by atoms with Crippen molar-refractivity contribution in [1.29, 1.82) is 0 Å². The molecule has 1 aliphatic heterocycles. The van der Waals surface area contributed by atoms with Crippen LogP contribution in [0.4, 0.5) is 5.82 Å². The number of carbonyl (C=O) groups is 1. The molecule has 6 nitrogen and oxygen atoms in total. The standard InChI is InChI=1S/C18H24N4O2/c1-11-14(17(23)21-13-7-3-4-8-13)15-16(22-9-5-6-10-22)19-12(2)20-18(15)24-11/h13H,3-10H2,1-2H3,(H,21,23). The number of anilines is 1. The molecule has 2 aromatic rings. The molecule has 1 N–H and O–H groups in total. The molecule has 0 unspecified atom stereocenters. The average molecular weight is 328 g/mol. The zero-order valence-electron chi connectivity index (χ0n) is 14.4. The second-order valence-electron chi connectivity index (χ2n) is 6.96. The lowest BCUT2D eigenvalue weighted by Crippen LogP contribution is -2.33. The topological polar surface area (TPSA) is 71.3 Å². The van der Waals surface area contributed by atoms with Gasteiger partial charge in [-0.05, 0) is 39.5 Å². The molecule has 1 saturated carbocycles. The van der Waals surface area contributed by atoms with Crippen LogP contribution in [0.3, 0.4) is 0 Å². The lowest BCUT2D eigenvalue weighted by Gasteiger charge is -2.18. The second-order valence-corrected chi connectivity index (χ2v) is 6.96. The number of rotatable bonds is 3. The number of hydrogen-bond acceptors (Lipinski definition) is 5. The summed E-state index contributed by atoms with van der Waals surface area (Å²) in [6, 6.07) is 0.281. The number of aromatic nitrogens is 2. The van der Waals surface area contributed by atoms with Crippen LogP contribution >= 0.6 is 0 Å². The number of fused-ring (bicyclic) bond motifs is 1. The minimum Gasteiger partial charge on any atom is -0.442 e. The van der Waals surface area contributed by atoms with E-state index < -0.39 is 0 Å². The quantitative estimate of drug-likeness (QED) is 0.937. The predicted molar refractivity (Wildman–Crippen MR) is 92.4 cm³/mol. The number of hydrogen-bond donors (Lipinski definition) is 1. The van der Waals surface area contributed by atoms with Gasteiger partial charge in [0.05, 0.1) is 10.9 Å². The molecular weight excluding hydrogens is 304 g/mol. The summed E-state index contributed by atoms with van der Waals surface area (Å²) in [6.07, 6.45) is 6.83. The Balaban J connectivity index is 1.78. The van der Waals surface area contributed by atoms with E-state index in [1.54, 1.807) is 0 Å². The number of aryl methyl sites for hydroxylation is 2. The lowest BCUT2D eigenvalue weighted by molar-refractivity contribution is 0.0938. The first-order valence-corrected chi connectivity index (χ1v) is 8.97. The van der Waals surface area contributed by atoms with Gasteiger partial charge in [0, 0.05) is 19.1 Å². The van der Waals surface area contributed by atoms with Gasteiger partial charge in [-0.3, -0.25) is 4.79 Å². The summed E-state index contributed by atoms with van der Waals surface area (Å²) in [4.78, 5) is 24.2. The van der Waals surface area contributed by atoms with E-state index in [4.69, 9.17) is 4.42 Å². The Morgan fingerprint density at radius 3 is 2.54 bits per heavy atom. The Hall–Kier alpha value is -2.11. The highest BCUT2D eigenvalue weighted by molar-refractivity contribution is 6.10. The summed E-state index contributed by atoms with van der Waals surface area (Å²) < 4.78 is 5.83. The fourth-order valence-corrected chi connectivity index (χ4v) is 3.96. The van der Waals surface area contributed by atoms with Crippen LogP contribution in [0, 0.1) is 13.8 Å². The lowest BCUT2D eigenvalue weighted by atomic mass is 10.1. The Kier molecular flexibility index (Phi) is 3.90. The van der Waals surface area contributed by atoms with E-state index in [1.807, 2.05) is 13.8 Å². The van der Waals surface area contributed by atoms with Crippen molar-refractivity contribution in [1.82, 2.24) is 15.3 Å². The van der Waals surface area contributed by atoms with Crippen molar-refractivity contribution < 1.29 is 9.21 Å². The number of nitrogens with zero attached hydrogens (tertiary/aromatic N) is 3. The Bertz CT molecular complexity index is 771. The summed E-state index contributed by atoms with van der Waals surface area (Å²) in [6.45, 7) is 5.66. The molecule has 0 aromatic carbocycles. The Morgan fingerprint density at radius 2 is 1.83 bits per heavy atom. The maximum atomic E-state index is 12.9. The molecule has 1 amide bonds. The SMILES string of the molecule is Cc1nc(N2CCCC2)c2c(C(=O)NC3CCCC3)c(C)oc2n1. The number of furan rings is 1. The summed E-state index contributed by atoms with van der Waals surface area (Å²) in [5.41, 5.74) is 1.14. The maximum Gasteiger partial charge on any atom is 0.255 e. The summed E-state index contributed by atoms with van der Waals surface area (Å²) in [5.74, 6) is 2.11. The van der Waals surface area contributed by atoms with Crippen molar-refractivity contribution in [3.63, 3.8) is 0 Å². The minimum absolute atomic E-state index is 0.0500. The molecular formula is C18H24N4O2. The molecule has 24 heavy (non-hydrogen) atoms.